The number of carbonyl (C=O) groups excluding carboxylic acids is 2. The first-order valence-electron chi connectivity index (χ1n) is 7.64. The van der Waals surface area contributed by atoms with Crippen LogP contribution in [0.25, 0.3) is 0 Å². The van der Waals surface area contributed by atoms with Crippen molar-refractivity contribution in [2.24, 2.45) is 0 Å². The van der Waals surface area contributed by atoms with E-state index in [2.05, 4.69) is 10.5 Å². The Morgan fingerprint density at radius 3 is 2.74 bits per heavy atom. The number of carbonyl (C=O) groups is 2. The number of nitrogens with one attached hydrogen (secondary N) is 3. The van der Waals surface area contributed by atoms with Crippen molar-refractivity contribution < 1.29 is 19.6 Å². The molecule has 0 aliphatic carbocycles. The molecule has 23 heavy (non-hydrogen) atoms. The van der Waals surface area contributed by atoms with E-state index < -0.39 is 13.3 Å². The van der Waals surface area contributed by atoms with E-state index in [9.17, 15) is 9.59 Å². The molecule has 1 fully saturated rings. The van der Waals surface area contributed by atoms with Crippen molar-refractivity contribution in [3.63, 3.8) is 0 Å². The smallest absolute Gasteiger partial charge is 0.413 e. The Hall–Kier alpha value is -1.65. The number of nitrogens with zero attached hydrogens (tertiary/aromatic N) is 2. The highest BCUT2D eigenvalue weighted by atomic mass is 16.4. The fourth-order valence-corrected chi connectivity index (χ4v) is 2.42. The average molecular weight is 327 g/mol. The van der Waals surface area contributed by atoms with Gasteiger partial charge in [0.05, 0.1) is 5.84 Å². The van der Waals surface area contributed by atoms with Gasteiger partial charge in [-0.15, -0.1) is 0 Å². The van der Waals surface area contributed by atoms with E-state index in [-0.39, 0.29) is 30.8 Å². The van der Waals surface area contributed by atoms with Crippen LogP contribution in [0.1, 0.15) is 26.2 Å². The molecule has 0 radical (unpaired) electrons. The number of likely N-dealkylation sites (N-methyl/N-ethyl adjacent to an activating group) is 1. The number of hydrogen-bond donors (Lipinski definition) is 5. The van der Waals surface area contributed by atoms with Gasteiger partial charge in [0.1, 0.15) is 6.04 Å². The first-order chi connectivity index (χ1) is 10.7. The van der Waals surface area contributed by atoms with Crippen molar-refractivity contribution in [1.82, 2.24) is 20.3 Å². The van der Waals surface area contributed by atoms with Crippen LogP contribution in [0.5, 0.6) is 0 Å². The molecule has 130 valence electrons. The second-order valence-electron chi connectivity index (χ2n) is 5.86. The Labute approximate surface area is 136 Å². The summed E-state index contributed by atoms with van der Waals surface area (Å²) in [6.45, 7) is 2.36. The van der Waals surface area contributed by atoms with E-state index in [0.717, 1.165) is 6.42 Å². The van der Waals surface area contributed by atoms with E-state index in [4.69, 9.17) is 15.5 Å². The SMILES string of the molecule is CC(=N)N(C)CCCC1CC(=O)N(C)C(CNB(O)O)C(=O)N1. The highest BCUT2D eigenvalue weighted by Gasteiger charge is 2.33. The summed E-state index contributed by atoms with van der Waals surface area (Å²) in [5.41, 5.74) is 0. The highest BCUT2D eigenvalue weighted by Crippen LogP contribution is 2.12. The molecular formula is C13H26BN5O4. The maximum absolute atomic E-state index is 12.2. The molecule has 1 aliphatic heterocycles. The summed E-state index contributed by atoms with van der Waals surface area (Å²) in [6.07, 6.45) is 1.62. The van der Waals surface area contributed by atoms with Crippen molar-refractivity contribution in [2.75, 3.05) is 27.2 Å². The first-order valence-corrected chi connectivity index (χ1v) is 7.64. The number of amides is 2. The lowest BCUT2D eigenvalue weighted by molar-refractivity contribution is -0.136. The Balaban J connectivity index is 2.58. The lowest BCUT2D eigenvalue weighted by Gasteiger charge is -2.24. The molecule has 10 heteroatoms. The van der Waals surface area contributed by atoms with E-state index in [1.165, 1.54) is 11.9 Å². The number of hydrogen-bond acceptors (Lipinski definition) is 6. The molecular weight excluding hydrogens is 301 g/mol. The van der Waals surface area contributed by atoms with Gasteiger partial charge in [-0.2, -0.15) is 0 Å². The summed E-state index contributed by atoms with van der Waals surface area (Å²) < 4.78 is 0. The Kier molecular flexibility index (Phi) is 7.46. The van der Waals surface area contributed by atoms with Gasteiger partial charge >= 0.3 is 7.25 Å². The lowest BCUT2D eigenvalue weighted by atomic mass is 10.1. The summed E-state index contributed by atoms with van der Waals surface area (Å²) in [6, 6.07) is -1.03. The zero-order valence-corrected chi connectivity index (χ0v) is 13.9. The van der Waals surface area contributed by atoms with E-state index in [1.54, 1.807) is 6.92 Å². The van der Waals surface area contributed by atoms with Gasteiger partial charge in [-0.05, 0) is 19.8 Å². The van der Waals surface area contributed by atoms with Gasteiger partial charge in [0.2, 0.25) is 11.8 Å². The molecule has 2 amide bonds. The first kappa shape index (κ1) is 19.4. The molecule has 1 aliphatic rings. The van der Waals surface area contributed by atoms with Crippen molar-refractivity contribution in [3.05, 3.63) is 0 Å². The fraction of sp³-hybridized carbons (Fsp3) is 0.769. The average Bonchev–Trinajstić information content (AvgIpc) is 2.54. The molecule has 0 aromatic carbocycles. The van der Waals surface area contributed by atoms with Gasteiger partial charge in [-0.3, -0.25) is 15.0 Å². The molecule has 9 nitrogen and oxygen atoms in total. The van der Waals surface area contributed by atoms with Gasteiger partial charge in [0.25, 0.3) is 0 Å². The third kappa shape index (κ3) is 6.16. The topological polar surface area (TPSA) is 129 Å². The van der Waals surface area contributed by atoms with Gasteiger partial charge < -0.3 is 30.4 Å². The predicted molar refractivity (Wildman–Crippen MR) is 86.6 cm³/mol. The van der Waals surface area contributed by atoms with E-state index >= 15 is 0 Å². The standard InChI is InChI=1S/C13H26BN5O4/c1-9(15)18(2)6-4-5-10-7-12(20)19(3)11(13(21)17-10)8-16-14(22)23/h10-11,15-16,22-23H,4-8H2,1-3H3,(H,17,21). The molecule has 2 atom stereocenters. The molecule has 0 saturated carbocycles. The maximum Gasteiger partial charge on any atom is 0.549 e. The molecule has 0 aromatic rings. The Morgan fingerprint density at radius 2 is 2.17 bits per heavy atom. The second kappa shape index (κ2) is 8.85. The molecule has 1 saturated heterocycles. The van der Waals surface area contributed by atoms with E-state index in [0.29, 0.717) is 18.8 Å². The van der Waals surface area contributed by atoms with Gasteiger partial charge in [0, 0.05) is 39.6 Å². The van der Waals surface area contributed by atoms with Crippen molar-refractivity contribution in [2.45, 2.75) is 38.3 Å². The monoisotopic (exact) mass is 327 g/mol. The maximum atomic E-state index is 12.2. The largest absolute Gasteiger partial charge is 0.549 e. The number of amidine groups is 1. The minimum atomic E-state index is -1.73. The van der Waals surface area contributed by atoms with Crippen LogP contribution in [-0.4, -0.2) is 84.0 Å². The van der Waals surface area contributed by atoms with Gasteiger partial charge in [-0.1, -0.05) is 0 Å². The van der Waals surface area contributed by atoms with Crippen molar-refractivity contribution >= 4 is 24.9 Å². The second-order valence-corrected chi connectivity index (χ2v) is 5.86. The Bertz CT molecular complexity index is 448. The molecule has 1 heterocycles. The molecule has 0 aromatic heterocycles. The van der Waals surface area contributed by atoms with Crippen LogP contribution < -0.4 is 10.5 Å². The van der Waals surface area contributed by atoms with Gasteiger partial charge in [0.15, 0.2) is 0 Å². The summed E-state index contributed by atoms with van der Waals surface area (Å²) in [5, 5.41) is 30.4. The fourth-order valence-electron chi connectivity index (χ4n) is 2.42. The molecule has 5 N–H and O–H groups in total. The van der Waals surface area contributed by atoms with Crippen LogP contribution in [0, 0.1) is 5.41 Å². The Morgan fingerprint density at radius 1 is 1.52 bits per heavy atom. The van der Waals surface area contributed by atoms with Crippen LogP contribution in [0.15, 0.2) is 0 Å². The number of rotatable bonds is 7. The van der Waals surface area contributed by atoms with Crippen LogP contribution in [-0.2, 0) is 9.59 Å². The zero-order chi connectivity index (χ0) is 17.6. The third-order valence-corrected chi connectivity index (χ3v) is 4.04. The third-order valence-electron chi connectivity index (χ3n) is 4.04. The molecule has 0 spiro atoms. The molecule has 1 rings (SSSR count). The summed E-state index contributed by atoms with van der Waals surface area (Å²) in [7, 11) is 1.63. The minimum absolute atomic E-state index is 0.0335. The quantitative estimate of drug-likeness (QED) is 0.208. The van der Waals surface area contributed by atoms with Crippen molar-refractivity contribution in [1.29, 1.82) is 5.41 Å². The van der Waals surface area contributed by atoms with Gasteiger partial charge in [-0.25, -0.2) is 0 Å². The minimum Gasteiger partial charge on any atom is -0.413 e. The zero-order valence-electron chi connectivity index (χ0n) is 13.9. The summed E-state index contributed by atoms with van der Waals surface area (Å²) >= 11 is 0. The molecule has 0 bridgehead atoms. The summed E-state index contributed by atoms with van der Waals surface area (Å²) in [5.74, 6) is -0.00308. The predicted octanol–water partition coefficient (Wildman–Crippen LogP) is -2.03. The van der Waals surface area contributed by atoms with Crippen LogP contribution in [0.3, 0.4) is 0 Å². The summed E-state index contributed by atoms with van der Waals surface area (Å²) in [4.78, 5) is 27.6. The van der Waals surface area contributed by atoms with Crippen LogP contribution >= 0.6 is 0 Å². The van der Waals surface area contributed by atoms with Crippen LogP contribution in [0.2, 0.25) is 0 Å². The highest BCUT2D eigenvalue weighted by molar-refractivity contribution is 6.37. The van der Waals surface area contributed by atoms with Crippen molar-refractivity contribution in [3.8, 4) is 0 Å². The molecule has 2 unspecified atom stereocenters. The lowest BCUT2D eigenvalue weighted by Crippen LogP contribution is -2.53. The normalized spacial score (nSPS) is 21.7. The van der Waals surface area contributed by atoms with E-state index in [1.807, 2.05) is 11.9 Å². The van der Waals surface area contributed by atoms with Crippen LogP contribution in [0.4, 0.5) is 0 Å².